The van der Waals surface area contributed by atoms with Crippen molar-refractivity contribution < 1.29 is 9.76 Å². The number of nitrogens with zero attached hydrogens (tertiary/aromatic N) is 1. The molecule has 1 rings (SSSR count). The molecule has 2 atom stereocenters. The lowest BCUT2D eigenvalue weighted by Crippen LogP contribution is -2.29. The summed E-state index contributed by atoms with van der Waals surface area (Å²) in [5.41, 5.74) is 2.46. The van der Waals surface area contributed by atoms with Crippen LogP contribution in [-0.2, 0) is 4.84 Å². The van der Waals surface area contributed by atoms with Crippen LogP contribution in [0.2, 0.25) is 0 Å². The monoisotopic (exact) mass is 132 g/mol. The highest BCUT2D eigenvalue weighted by atomic mass is 16.7. The van der Waals surface area contributed by atoms with Crippen molar-refractivity contribution in [3.8, 4) is 0 Å². The number of nitro groups is 1. The zero-order chi connectivity index (χ0) is 6.85. The molecule has 52 valence electrons. The number of rotatable bonds is 1. The van der Waals surface area contributed by atoms with Crippen LogP contribution in [0, 0.1) is 10.1 Å². The van der Waals surface area contributed by atoms with Gasteiger partial charge in [0.15, 0.2) is 0 Å². The predicted molar refractivity (Wildman–Crippen MR) is 29.3 cm³/mol. The molecule has 0 bridgehead atoms. The molecule has 1 aliphatic rings. The average molecular weight is 132 g/mol. The minimum atomic E-state index is -0.579. The Balaban J connectivity index is 2.49. The fraction of sp³-hybridized carbons (Fsp3) is 1.00. The minimum absolute atomic E-state index is 0.306. The molecule has 0 radical (unpaired) electrons. The van der Waals surface area contributed by atoms with E-state index in [9.17, 15) is 10.1 Å². The Morgan fingerprint density at radius 2 is 2.56 bits per heavy atom. The van der Waals surface area contributed by atoms with Crippen LogP contribution in [0.4, 0.5) is 0 Å². The van der Waals surface area contributed by atoms with Crippen molar-refractivity contribution in [1.82, 2.24) is 5.48 Å². The average Bonchev–Trinajstić information content (AvgIpc) is 2.13. The number of hydroxylamine groups is 1. The zero-order valence-electron chi connectivity index (χ0n) is 5.03. The molecule has 5 heteroatoms. The van der Waals surface area contributed by atoms with Crippen LogP contribution >= 0.6 is 0 Å². The van der Waals surface area contributed by atoms with Crippen LogP contribution in [0.15, 0.2) is 0 Å². The first-order chi connectivity index (χ1) is 4.22. The number of nitrogens with one attached hydrogen (secondary N) is 1. The van der Waals surface area contributed by atoms with E-state index in [1.165, 1.54) is 0 Å². The standard InChI is InChI=1S/C4H8N2O3/c1-3-4(6(7)8)2-5-9-3/h3-5H,2H2,1H3. The molecule has 0 aliphatic carbocycles. The maximum absolute atomic E-state index is 10.1. The van der Waals surface area contributed by atoms with Crippen LogP contribution in [0.1, 0.15) is 6.92 Å². The lowest BCUT2D eigenvalue weighted by atomic mass is 10.2. The van der Waals surface area contributed by atoms with E-state index in [2.05, 4.69) is 5.48 Å². The van der Waals surface area contributed by atoms with E-state index in [4.69, 9.17) is 4.84 Å². The Morgan fingerprint density at radius 3 is 2.78 bits per heavy atom. The Morgan fingerprint density at radius 1 is 1.89 bits per heavy atom. The Kier molecular flexibility index (Phi) is 1.63. The summed E-state index contributed by atoms with van der Waals surface area (Å²) < 4.78 is 0. The molecule has 5 nitrogen and oxygen atoms in total. The highest BCUT2D eigenvalue weighted by Gasteiger charge is 2.34. The first-order valence-electron chi connectivity index (χ1n) is 2.74. The van der Waals surface area contributed by atoms with Gasteiger partial charge in [-0.2, -0.15) is 5.48 Å². The van der Waals surface area contributed by atoms with Crippen LogP contribution in [0.5, 0.6) is 0 Å². The van der Waals surface area contributed by atoms with E-state index >= 15 is 0 Å². The van der Waals surface area contributed by atoms with Gasteiger partial charge in [-0.1, -0.05) is 0 Å². The van der Waals surface area contributed by atoms with Gasteiger partial charge in [0.2, 0.25) is 0 Å². The van der Waals surface area contributed by atoms with E-state index in [1.54, 1.807) is 6.92 Å². The molecule has 1 fully saturated rings. The Hall–Kier alpha value is -0.680. The van der Waals surface area contributed by atoms with Gasteiger partial charge in [-0.15, -0.1) is 0 Å². The van der Waals surface area contributed by atoms with Crippen molar-refractivity contribution in [2.75, 3.05) is 6.54 Å². The molecule has 1 aliphatic heterocycles. The summed E-state index contributed by atoms with van der Waals surface area (Å²) in [7, 11) is 0. The summed E-state index contributed by atoms with van der Waals surface area (Å²) in [5.74, 6) is 0. The van der Waals surface area contributed by atoms with Crippen molar-refractivity contribution >= 4 is 0 Å². The van der Waals surface area contributed by atoms with E-state index < -0.39 is 6.04 Å². The van der Waals surface area contributed by atoms with Gasteiger partial charge in [0.25, 0.3) is 6.04 Å². The molecular weight excluding hydrogens is 124 g/mol. The number of hydrogen-bond donors (Lipinski definition) is 1. The third-order valence-corrected chi connectivity index (χ3v) is 1.37. The van der Waals surface area contributed by atoms with E-state index in [0.29, 0.717) is 6.54 Å². The van der Waals surface area contributed by atoms with Crippen molar-refractivity contribution in [2.45, 2.75) is 19.1 Å². The second-order valence-electron chi connectivity index (χ2n) is 2.02. The molecule has 0 aromatic heterocycles. The van der Waals surface area contributed by atoms with Gasteiger partial charge in [0, 0.05) is 4.92 Å². The maximum atomic E-state index is 10.1. The molecular formula is C4H8N2O3. The van der Waals surface area contributed by atoms with Crippen molar-refractivity contribution in [1.29, 1.82) is 0 Å². The fourth-order valence-electron chi connectivity index (χ4n) is 0.755. The van der Waals surface area contributed by atoms with E-state index in [0.717, 1.165) is 0 Å². The Bertz CT molecular complexity index is 127. The molecule has 0 aromatic rings. The van der Waals surface area contributed by atoms with Gasteiger partial charge in [-0.3, -0.25) is 15.0 Å². The van der Waals surface area contributed by atoms with Gasteiger partial charge in [-0.05, 0) is 6.92 Å². The maximum Gasteiger partial charge on any atom is 0.255 e. The Labute approximate surface area is 52.1 Å². The largest absolute Gasteiger partial charge is 0.291 e. The SMILES string of the molecule is CC1ONCC1[N+](=O)[O-]. The predicted octanol–water partition coefficient (Wildman–Crippen LogP) is -0.445. The van der Waals surface area contributed by atoms with E-state index in [-0.39, 0.29) is 11.0 Å². The summed E-state index contributed by atoms with van der Waals surface area (Å²) in [6.07, 6.45) is -0.306. The van der Waals surface area contributed by atoms with Crippen molar-refractivity contribution in [3.05, 3.63) is 10.1 Å². The van der Waals surface area contributed by atoms with Crippen LogP contribution in [0.25, 0.3) is 0 Å². The molecule has 1 saturated heterocycles. The summed E-state index contributed by atoms with van der Waals surface area (Å²) in [6.45, 7) is 1.99. The second-order valence-corrected chi connectivity index (χ2v) is 2.02. The highest BCUT2D eigenvalue weighted by Crippen LogP contribution is 2.05. The first-order valence-corrected chi connectivity index (χ1v) is 2.74. The van der Waals surface area contributed by atoms with Gasteiger partial charge in [-0.25, -0.2) is 0 Å². The van der Waals surface area contributed by atoms with Gasteiger partial charge in [0.05, 0.1) is 6.54 Å². The topological polar surface area (TPSA) is 64.4 Å². The van der Waals surface area contributed by atoms with Crippen molar-refractivity contribution in [3.63, 3.8) is 0 Å². The molecule has 1 N–H and O–H groups in total. The summed E-state index contributed by atoms with van der Waals surface area (Å²) in [5, 5.41) is 10.1. The molecule has 0 aromatic carbocycles. The third kappa shape index (κ3) is 1.17. The summed E-state index contributed by atoms with van der Waals surface area (Å²) in [6, 6.07) is -0.579. The zero-order valence-corrected chi connectivity index (χ0v) is 5.03. The lowest BCUT2D eigenvalue weighted by Gasteiger charge is -2.01. The van der Waals surface area contributed by atoms with Gasteiger partial charge >= 0.3 is 0 Å². The third-order valence-electron chi connectivity index (χ3n) is 1.37. The van der Waals surface area contributed by atoms with Crippen LogP contribution in [-0.4, -0.2) is 23.6 Å². The second kappa shape index (κ2) is 2.28. The van der Waals surface area contributed by atoms with Crippen molar-refractivity contribution in [2.24, 2.45) is 0 Å². The summed E-state index contributed by atoms with van der Waals surface area (Å²) >= 11 is 0. The van der Waals surface area contributed by atoms with Gasteiger partial charge < -0.3 is 0 Å². The molecule has 1 heterocycles. The smallest absolute Gasteiger partial charge is 0.255 e. The molecule has 2 unspecified atom stereocenters. The van der Waals surface area contributed by atoms with E-state index in [1.807, 2.05) is 0 Å². The summed E-state index contributed by atoms with van der Waals surface area (Å²) in [4.78, 5) is 14.5. The number of hydrogen-bond acceptors (Lipinski definition) is 4. The molecule has 0 amide bonds. The first kappa shape index (κ1) is 6.44. The minimum Gasteiger partial charge on any atom is -0.291 e. The molecule has 0 spiro atoms. The van der Waals surface area contributed by atoms with Gasteiger partial charge in [0.1, 0.15) is 6.10 Å². The van der Waals surface area contributed by atoms with Crippen LogP contribution in [0.3, 0.4) is 0 Å². The molecule has 9 heavy (non-hydrogen) atoms. The van der Waals surface area contributed by atoms with Crippen LogP contribution < -0.4 is 5.48 Å². The normalized spacial score (nSPS) is 34.8. The molecule has 0 saturated carbocycles. The fourth-order valence-corrected chi connectivity index (χ4v) is 0.755. The lowest BCUT2D eigenvalue weighted by molar-refractivity contribution is -0.522. The highest BCUT2D eigenvalue weighted by molar-refractivity contribution is 4.70. The quantitative estimate of drug-likeness (QED) is 0.388.